The molecule has 1 aliphatic heterocycles. The fourth-order valence-corrected chi connectivity index (χ4v) is 4.15. The van der Waals surface area contributed by atoms with E-state index in [1.165, 1.54) is 28.4 Å². The Hall–Kier alpha value is -2.40. The summed E-state index contributed by atoms with van der Waals surface area (Å²) in [4.78, 5) is 23.6. The van der Waals surface area contributed by atoms with Gasteiger partial charge in [0.2, 0.25) is 10.0 Å². The average molecular weight is 401 g/mol. The largest absolute Gasteiger partial charge is 0.495 e. The summed E-state index contributed by atoms with van der Waals surface area (Å²) in [6, 6.07) is 3.41. The molecule has 1 fully saturated rings. The van der Waals surface area contributed by atoms with Crippen molar-refractivity contribution in [3.05, 3.63) is 28.3 Å². The standard InChI is InChI=1S/C16H23N3O7S/c1-16(2,3)26-15(20)17-7-9-18(10-8-17)27(23,24)14-11-12(19(21)22)5-6-13(14)25-4/h5-6,11H,7-10H2,1-4H3. The van der Waals surface area contributed by atoms with E-state index in [2.05, 4.69) is 0 Å². The van der Waals surface area contributed by atoms with Crippen LogP contribution >= 0.6 is 0 Å². The van der Waals surface area contributed by atoms with Gasteiger partial charge >= 0.3 is 6.09 Å². The van der Waals surface area contributed by atoms with Gasteiger partial charge in [-0.1, -0.05) is 0 Å². The van der Waals surface area contributed by atoms with Crippen molar-refractivity contribution < 1.29 is 27.6 Å². The number of hydrogen-bond donors (Lipinski definition) is 0. The highest BCUT2D eigenvalue weighted by atomic mass is 32.2. The van der Waals surface area contributed by atoms with Crippen molar-refractivity contribution in [2.75, 3.05) is 33.3 Å². The van der Waals surface area contributed by atoms with Crippen LogP contribution in [0.1, 0.15) is 20.8 Å². The molecule has 0 radical (unpaired) electrons. The molecule has 1 aromatic rings. The maximum Gasteiger partial charge on any atom is 0.410 e. The predicted molar refractivity (Wildman–Crippen MR) is 96.2 cm³/mol. The third kappa shape index (κ3) is 4.86. The number of sulfonamides is 1. The van der Waals surface area contributed by atoms with Crippen molar-refractivity contribution in [1.82, 2.24) is 9.21 Å². The van der Waals surface area contributed by atoms with E-state index in [0.717, 1.165) is 6.07 Å². The number of rotatable bonds is 4. The van der Waals surface area contributed by atoms with Crippen LogP contribution in [0.2, 0.25) is 0 Å². The molecule has 1 heterocycles. The summed E-state index contributed by atoms with van der Waals surface area (Å²) in [5.74, 6) is 0.0233. The number of ether oxygens (including phenoxy) is 2. The van der Waals surface area contributed by atoms with Crippen LogP contribution in [0, 0.1) is 10.1 Å². The number of nitro benzene ring substituents is 1. The third-order valence-corrected chi connectivity index (χ3v) is 5.79. The molecule has 10 nitrogen and oxygen atoms in total. The molecular formula is C16H23N3O7S. The molecule has 0 spiro atoms. The van der Waals surface area contributed by atoms with Gasteiger partial charge in [-0.25, -0.2) is 13.2 Å². The molecule has 0 aromatic heterocycles. The lowest BCUT2D eigenvalue weighted by Crippen LogP contribution is -2.51. The van der Waals surface area contributed by atoms with Gasteiger partial charge in [-0.2, -0.15) is 4.31 Å². The van der Waals surface area contributed by atoms with E-state index in [1.807, 2.05) is 0 Å². The molecule has 150 valence electrons. The molecule has 2 rings (SSSR count). The molecule has 11 heteroatoms. The summed E-state index contributed by atoms with van der Waals surface area (Å²) in [5.41, 5.74) is -0.988. The number of piperazine rings is 1. The molecule has 0 N–H and O–H groups in total. The molecule has 1 saturated heterocycles. The predicted octanol–water partition coefficient (Wildman–Crippen LogP) is 1.84. The first-order chi connectivity index (χ1) is 12.5. The van der Waals surface area contributed by atoms with E-state index in [0.29, 0.717) is 0 Å². The summed E-state index contributed by atoms with van der Waals surface area (Å²) >= 11 is 0. The number of methoxy groups -OCH3 is 1. The fourth-order valence-electron chi connectivity index (χ4n) is 2.56. The number of hydrogen-bond acceptors (Lipinski definition) is 7. The molecule has 1 aromatic carbocycles. The molecule has 0 atom stereocenters. The van der Waals surface area contributed by atoms with Crippen molar-refractivity contribution in [2.24, 2.45) is 0 Å². The van der Waals surface area contributed by atoms with E-state index >= 15 is 0 Å². The van der Waals surface area contributed by atoms with E-state index in [4.69, 9.17) is 9.47 Å². The summed E-state index contributed by atoms with van der Waals surface area (Å²) < 4.78 is 37.4. The second-order valence-corrected chi connectivity index (χ2v) is 8.87. The molecule has 27 heavy (non-hydrogen) atoms. The first kappa shape index (κ1) is 20.9. The third-order valence-electron chi connectivity index (χ3n) is 3.87. The Balaban J connectivity index is 2.19. The minimum atomic E-state index is -4.02. The fraction of sp³-hybridized carbons (Fsp3) is 0.562. The first-order valence-electron chi connectivity index (χ1n) is 8.26. The zero-order valence-electron chi connectivity index (χ0n) is 15.7. The summed E-state index contributed by atoms with van der Waals surface area (Å²) in [6.07, 6.45) is -0.507. The molecular weight excluding hydrogens is 378 g/mol. The van der Waals surface area contributed by atoms with Gasteiger partial charge < -0.3 is 14.4 Å². The highest BCUT2D eigenvalue weighted by Crippen LogP contribution is 2.31. The normalized spacial score (nSPS) is 16.1. The number of nitro groups is 1. The van der Waals surface area contributed by atoms with Crippen LogP contribution in [0.5, 0.6) is 5.75 Å². The second kappa shape index (κ2) is 7.69. The first-order valence-corrected chi connectivity index (χ1v) is 9.70. The van der Waals surface area contributed by atoms with Crippen molar-refractivity contribution in [3.8, 4) is 5.75 Å². The van der Waals surface area contributed by atoms with Crippen LogP contribution in [-0.2, 0) is 14.8 Å². The van der Waals surface area contributed by atoms with Gasteiger partial charge in [0, 0.05) is 38.3 Å². The van der Waals surface area contributed by atoms with Gasteiger partial charge in [-0.3, -0.25) is 10.1 Å². The van der Waals surface area contributed by atoms with Crippen LogP contribution in [-0.4, -0.2) is 67.5 Å². The topological polar surface area (TPSA) is 119 Å². The Kier molecular flexibility index (Phi) is 5.95. The quantitative estimate of drug-likeness (QED) is 0.558. The minimum Gasteiger partial charge on any atom is -0.495 e. The Morgan fingerprint density at radius 2 is 1.78 bits per heavy atom. The van der Waals surface area contributed by atoms with Crippen molar-refractivity contribution >= 4 is 21.8 Å². The Morgan fingerprint density at radius 1 is 1.19 bits per heavy atom. The van der Waals surface area contributed by atoms with Gasteiger partial charge in [0.25, 0.3) is 5.69 Å². The van der Waals surface area contributed by atoms with Crippen molar-refractivity contribution in [3.63, 3.8) is 0 Å². The van der Waals surface area contributed by atoms with Crippen LogP contribution in [0.3, 0.4) is 0 Å². The second-order valence-electron chi connectivity index (χ2n) is 6.96. The molecule has 0 aliphatic carbocycles. The van der Waals surface area contributed by atoms with Gasteiger partial charge in [0.15, 0.2) is 0 Å². The SMILES string of the molecule is COc1ccc([N+](=O)[O-])cc1S(=O)(=O)N1CCN(C(=O)OC(C)(C)C)CC1. The molecule has 0 bridgehead atoms. The maximum atomic E-state index is 12.9. The Bertz CT molecular complexity index is 825. The minimum absolute atomic E-state index is 0.0233. The number of carbonyl (C=O) groups excluding carboxylic acids is 1. The van der Waals surface area contributed by atoms with Crippen molar-refractivity contribution in [2.45, 2.75) is 31.3 Å². The molecule has 0 saturated carbocycles. The van der Waals surface area contributed by atoms with Gasteiger partial charge in [-0.15, -0.1) is 0 Å². The van der Waals surface area contributed by atoms with Gasteiger partial charge in [0.1, 0.15) is 16.2 Å². The average Bonchev–Trinajstić information content (AvgIpc) is 2.59. The van der Waals surface area contributed by atoms with Crippen LogP contribution < -0.4 is 4.74 Å². The lowest BCUT2D eigenvalue weighted by molar-refractivity contribution is -0.385. The number of benzene rings is 1. The summed E-state index contributed by atoms with van der Waals surface area (Å²) in [6.45, 7) is 5.66. The molecule has 1 aliphatic rings. The number of amides is 1. The smallest absolute Gasteiger partial charge is 0.410 e. The number of carbonyl (C=O) groups is 1. The lowest BCUT2D eigenvalue weighted by atomic mass is 10.2. The summed E-state index contributed by atoms with van der Waals surface area (Å²) in [5, 5.41) is 11.0. The summed E-state index contributed by atoms with van der Waals surface area (Å²) in [7, 11) is -2.73. The van der Waals surface area contributed by atoms with E-state index < -0.39 is 26.6 Å². The molecule has 0 unspecified atom stereocenters. The highest BCUT2D eigenvalue weighted by molar-refractivity contribution is 7.89. The monoisotopic (exact) mass is 401 g/mol. The van der Waals surface area contributed by atoms with E-state index in [1.54, 1.807) is 20.8 Å². The lowest BCUT2D eigenvalue weighted by Gasteiger charge is -2.35. The zero-order chi connectivity index (χ0) is 20.4. The van der Waals surface area contributed by atoms with Crippen LogP contribution in [0.4, 0.5) is 10.5 Å². The van der Waals surface area contributed by atoms with E-state index in [-0.39, 0.29) is 42.5 Å². The highest BCUT2D eigenvalue weighted by Gasteiger charge is 2.34. The van der Waals surface area contributed by atoms with E-state index in [9.17, 15) is 23.3 Å². The zero-order valence-corrected chi connectivity index (χ0v) is 16.5. The Labute approximate surface area is 157 Å². The Morgan fingerprint density at radius 3 is 2.26 bits per heavy atom. The van der Waals surface area contributed by atoms with Gasteiger partial charge in [-0.05, 0) is 26.8 Å². The number of non-ortho nitro benzene ring substituents is 1. The van der Waals surface area contributed by atoms with Crippen molar-refractivity contribution in [1.29, 1.82) is 0 Å². The van der Waals surface area contributed by atoms with Crippen LogP contribution in [0.25, 0.3) is 0 Å². The van der Waals surface area contributed by atoms with Gasteiger partial charge in [0.05, 0.1) is 12.0 Å². The number of nitrogens with zero attached hydrogens (tertiary/aromatic N) is 3. The molecule has 1 amide bonds. The van der Waals surface area contributed by atoms with Crippen LogP contribution in [0.15, 0.2) is 23.1 Å². The maximum absolute atomic E-state index is 12.9.